The average molecular weight is 281 g/mol. The number of carbonyl (C=O) groups excluding carboxylic acids is 2. The van der Waals surface area contributed by atoms with Gasteiger partial charge in [0, 0.05) is 30.9 Å². The van der Waals surface area contributed by atoms with Crippen LogP contribution in [0.5, 0.6) is 0 Å². The number of ether oxygens (including phenoxy) is 1. The standard InChI is InChI=1S/C16H27NO3/c1-10(9-16(2,3)20-4)17-15(19)13-7-11-5-6-12(8-13)14(11)18/h10-13H,5-9H2,1-4H3,(H,17,19). The highest BCUT2D eigenvalue weighted by Gasteiger charge is 2.43. The molecule has 0 radical (unpaired) electrons. The predicted molar refractivity (Wildman–Crippen MR) is 77.3 cm³/mol. The van der Waals surface area contributed by atoms with Crippen molar-refractivity contribution < 1.29 is 14.3 Å². The number of carbonyl (C=O) groups is 2. The fourth-order valence-corrected chi connectivity index (χ4v) is 3.72. The summed E-state index contributed by atoms with van der Waals surface area (Å²) in [6.45, 7) is 6.06. The van der Waals surface area contributed by atoms with Crippen LogP contribution in [-0.4, -0.2) is 30.4 Å². The molecule has 114 valence electrons. The molecule has 0 aliphatic heterocycles. The predicted octanol–water partition coefficient (Wildman–Crippen LogP) is 2.31. The molecular formula is C16H27NO3. The molecule has 2 aliphatic rings. The molecule has 2 bridgehead atoms. The van der Waals surface area contributed by atoms with Gasteiger partial charge in [-0.05, 0) is 52.9 Å². The van der Waals surface area contributed by atoms with Gasteiger partial charge < -0.3 is 10.1 Å². The highest BCUT2D eigenvalue weighted by Crippen LogP contribution is 2.42. The van der Waals surface area contributed by atoms with Gasteiger partial charge >= 0.3 is 0 Å². The number of methoxy groups -OCH3 is 1. The Balaban J connectivity index is 1.85. The van der Waals surface area contributed by atoms with E-state index in [0.717, 1.165) is 32.1 Å². The van der Waals surface area contributed by atoms with Gasteiger partial charge in [-0.3, -0.25) is 9.59 Å². The Kier molecular flexibility index (Phi) is 4.52. The monoisotopic (exact) mass is 281 g/mol. The Morgan fingerprint density at radius 2 is 1.90 bits per heavy atom. The normalized spacial score (nSPS) is 31.2. The van der Waals surface area contributed by atoms with Crippen LogP contribution in [-0.2, 0) is 14.3 Å². The summed E-state index contributed by atoms with van der Waals surface area (Å²) in [5, 5.41) is 3.09. The molecule has 20 heavy (non-hydrogen) atoms. The smallest absolute Gasteiger partial charge is 0.223 e. The van der Waals surface area contributed by atoms with Crippen LogP contribution in [0.3, 0.4) is 0 Å². The molecule has 0 saturated heterocycles. The van der Waals surface area contributed by atoms with Crippen molar-refractivity contribution in [3.63, 3.8) is 0 Å². The minimum atomic E-state index is -0.228. The zero-order valence-corrected chi connectivity index (χ0v) is 13.1. The van der Waals surface area contributed by atoms with Gasteiger partial charge in [0.2, 0.25) is 5.91 Å². The van der Waals surface area contributed by atoms with Crippen LogP contribution < -0.4 is 5.32 Å². The summed E-state index contributed by atoms with van der Waals surface area (Å²) >= 11 is 0. The van der Waals surface area contributed by atoms with Crippen molar-refractivity contribution in [1.82, 2.24) is 5.32 Å². The summed E-state index contributed by atoms with van der Waals surface area (Å²) in [6, 6.07) is 0.0905. The molecule has 4 nitrogen and oxygen atoms in total. The van der Waals surface area contributed by atoms with Gasteiger partial charge in [0.25, 0.3) is 0 Å². The van der Waals surface area contributed by atoms with Crippen LogP contribution in [0.2, 0.25) is 0 Å². The number of hydrogen-bond donors (Lipinski definition) is 1. The van der Waals surface area contributed by atoms with E-state index in [2.05, 4.69) is 5.32 Å². The molecule has 2 aliphatic carbocycles. The van der Waals surface area contributed by atoms with E-state index < -0.39 is 0 Å². The maximum absolute atomic E-state index is 12.3. The van der Waals surface area contributed by atoms with Crippen LogP contribution in [0.15, 0.2) is 0 Å². The van der Waals surface area contributed by atoms with Gasteiger partial charge in [0.15, 0.2) is 0 Å². The van der Waals surface area contributed by atoms with Gasteiger partial charge in [-0.15, -0.1) is 0 Å². The summed E-state index contributed by atoms with van der Waals surface area (Å²) in [4.78, 5) is 24.2. The number of ketones is 1. The molecule has 1 amide bonds. The van der Waals surface area contributed by atoms with Gasteiger partial charge in [-0.25, -0.2) is 0 Å². The molecule has 0 aromatic carbocycles. The SMILES string of the molecule is COC(C)(C)CC(C)NC(=O)C1CC2CCC(C1)C2=O. The summed E-state index contributed by atoms with van der Waals surface area (Å²) in [6.07, 6.45) is 4.26. The van der Waals surface area contributed by atoms with E-state index in [9.17, 15) is 9.59 Å². The first kappa shape index (κ1) is 15.5. The van der Waals surface area contributed by atoms with E-state index in [1.165, 1.54) is 0 Å². The van der Waals surface area contributed by atoms with Gasteiger partial charge in [0.05, 0.1) is 5.60 Å². The summed E-state index contributed by atoms with van der Waals surface area (Å²) in [5.41, 5.74) is -0.228. The van der Waals surface area contributed by atoms with Crippen LogP contribution >= 0.6 is 0 Å². The molecule has 2 rings (SSSR count). The number of Topliss-reactive ketones (excluding diaryl/α,β-unsaturated/α-hetero) is 1. The lowest BCUT2D eigenvalue weighted by Crippen LogP contribution is -2.43. The fourth-order valence-electron chi connectivity index (χ4n) is 3.72. The Morgan fingerprint density at radius 3 is 2.40 bits per heavy atom. The molecule has 4 heteroatoms. The lowest BCUT2D eigenvalue weighted by atomic mass is 9.79. The van der Waals surface area contributed by atoms with Gasteiger partial charge in [-0.1, -0.05) is 0 Å². The third-order valence-electron chi connectivity index (χ3n) is 4.92. The zero-order valence-electron chi connectivity index (χ0n) is 13.1. The summed E-state index contributed by atoms with van der Waals surface area (Å²) in [5.74, 6) is 0.847. The number of fused-ring (bicyclic) bond motifs is 2. The first-order chi connectivity index (χ1) is 9.32. The first-order valence-electron chi connectivity index (χ1n) is 7.71. The Labute approximate surface area is 121 Å². The van der Waals surface area contributed by atoms with Crippen molar-refractivity contribution in [2.75, 3.05) is 7.11 Å². The second kappa shape index (κ2) is 5.84. The maximum Gasteiger partial charge on any atom is 0.223 e. The number of rotatable bonds is 5. The maximum atomic E-state index is 12.3. The molecule has 2 saturated carbocycles. The molecule has 0 heterocycles. The highest BCUT2D eigenvalue weighted by molar-refractivity contribution is 5.89. The van der Waals surface area contributed by atoms with E-state index in [1.807, 2.05) is 20.8 Å². The Bertz CT molecular complexity index is 375. The molecule has 0 spiro atoms. The van der Waals surface area contributed by atoms with Crippen molar-refractivity contribution in [3.05, 3.63) is 0 Å². The summed E-state index contributed by atoms with van der Waals surface area (Å²) < 4.78 is 5.40. The summed E-state index contributed by atoms with van der Waals surface area (Å²) in [7, 11) is 1.69. The van der Waals surface area contributed by atoms with Crippen LogP contribution in [0.1, 0.15) is 52.9 Å². The lowest BCUT2D eigenvalue weighted by molar-refractivity contribution is -0.132. The number of amides is 1. The van der Waals surface area contributed by atoms with Crippen molar-refractivity contribution in [2.45, 2.75) is 64.5 Å². The largest absolute Gasteiger partial charge is 0.379 e. The minimum Gasteiger partial charge on any atom is -0.379 e. The molecule has 0 aromatic heterocycles. The Hall–Kier alpha value is -0.900. The minimum absolute atomic E-state index is 0.0262. The fraction of sp³-hybridized carbons (Fsp3) is 0.875. The van der Waals surface area contributed by atoms with Gasteiger partial charge in [-0.2, -0.15) is 0 Å². The van der Waals surface area contributed by atoms with Crippen molar-refractivity contribution in [2.24, 2.45) is 17.8 Å². The molecule has 0 aromatic rings. The van der Waals surface area contributed by atoms with Crippen LogP contribution in [0.4, 0.5) is 0 Å². The molecule has 2 fully saturated rings. The lowest BCUT2D eigenvalue weighted by Gasteiger charge is -2.30. The first-order valence-corrected chi connectivity index (χ1v) is 7.71. The Morgan fingerprint density at radius 1 is 1.35 bits per heavy atom. The average Bonchev–Trinajstić information content (AvgIpc) is 2.61. The van der Waals surface area contributed by atoms with Crippen LogP contribution in [0, 0.1) is 17.8 Å². The van der Waals surface area contributed by atoms with E-state index in [-0.39, 0.29) is 35.3 Å². The van der Waals surface area contributed by atoms with Crippen molar-refractivity contribution in [1.29, 1.82) is 0 Å². The van der Waals surface area contributed by atoms with Crippen molar-refractivity contribution >= 4 is 11.7 Å². The van der Waals surface area contributed by atoms with Crippen LogP contribution in [0.25, 0.3) is 0 Å². The molecule has 3 unspecified atom stereocenters. The number of hydrogen-bond acceptors (Lipinski definition) is 3. The number of nitrogens with one attached hydrogen (secondary N) is 1. The van der Waals surface area contributed by atoms with Gasteiger partial charge in [0.1, 0.15) is 5.78 Å². The molecular weight excluding hydrogens is 254 g/mol. The second-order valence-corrected chi connectivity index (χ2v) is 7.12. The molecule has 3 atom stereocenters. The quantitative estimate of drug-likeness (QED) is 0.841. The molecule has 1 N–H and O–H groups in total. The highest BCUT2D eigenvalue weighted by atomic mass is 16.5. The van der Waals surface area contributed by atoms with E-state index in [1.54, 1.807) is 7.11 Å². The topological polar surface area (TPSA) is 55.4 Å². The second-order valence-electron chi connectivity index (χ2n) is 7.12. The third kappa shape index (κ3) is 3.40. The van der Waals surface area contributed by atoms with E-state index >= 15 is 0 Å². The zero-order chi connectivity index (χ0) is 14.9. The van der Waals surface area contributed by atoms with E-state index in [0.29, 0.717) is 5.78 Å². The van der Waals surface area contributed by atoms with E-state index in [4.69, 9.17) is 4.74 Å². The van der Waals surface area contributed by atoms with Crippen molar-refractivity contribution in [3.8, 4) is 0 Å². The third-order valence-corrected chi connectivity index (χ3v) is 4.92.